The van der Waals surface area contributed by atoms with E-state index in [-0.39, 0.29) is 5.97 Å². The van der Waals surface area contributed by atoms with Crippen molar-refractivity contribution in [1.29, 1.82) is 0 Å². The molecule has 0 saturated carbocycles. The summed E-state index contributed by atoms with van der Waals surface area (Å²) in [6.07, 6.45) is 0. The third kappa shape index (κ3) is 1.60. The highest BCUT2D eigenvalue weighted by Crippen LogP contribution is 2.35. The van der Waals surface area contributed by atoms with E-state index in [9.17, 15) is 4.79 Å². The molecule has 4 nitrogen and oxygen atoms in total. The molecule has 0 spiro atoms. The van der Waals surface area contributed by atoms with Crippen molar-refractivity contribution >= 4 is 16.9 Å². The summed E-state index contributed by atoms with van der Waals surface area (Å²) in [6, 6.07) is 8.26. The molecular formula is C15H17NO3. The van der Waals surface area contributed by atoms with Gasteiger partial charge in [0.05, 0.1) is 20.3 Å². The quantitative estimate of drug-likeness (QED) is 0.774. The van der Waals surface area contributed by atoms with E-state index in [4.69, 9.17) is 9.47 Å². The SMILES string of the molecule is COC(=O)C1(c2ccc3c(c2)cc(C)n3C)COC1. The van der Waals surface area contributed by atoms with Gasteiger partial charge in [0.2, 0.25) is 0 Å². The lowest BCUT2D eigenvalue weighted by Gasteiger charge is -2.38. The highest BCUT2D eigenvalue weighted by Gasteiger charge is 2.48. The molecule has 0 aliphatic carbocycles. The third-order valence-corrected chi connectivity index (χ3v) is 4.11. The highest BCUT2D eigenvalue weighted by atomic mass is 16.5. The Bertz CT molecular complexity index is 653. The Morgan fingerprint density at radius 3 is 2.68 bits per heavy atom. The average molecular weight is 259 g/mol. The summed E-state index contributed by atoms with van der Waals surface area (Å²) < 4.78 is 12.3. The molecule has 1 aliphatic rings. The summed E-state index contributed by atoms with van der Waals surface area (Å²) in [5.41, 5.74) is 2.72. The summed E-state index contributed by atoms with van der Waals surface area (Å²) in [7, 11) is 3.47. The lowest BCUT2D eigenvalue weighted by Crippen LogP contribution is -2.53. The van der Waals surface area contributed by atoms with E-state index in [0.717, 1.165) is 10.9 Å². The molecule has 2 heterocycles. The molecule has 0 radical (unpaired) electrons. The zero-order valence-corrected chi connectivity index (χ0v) is 11.4. The van der Waals surface area contributed by atoms with Gasteiger partial charge in [-0.05, 0) is 30.7 Å². The minimum Gasteiger partial charge on any atom is -0.468 e. The first-order valence-electron chi connectivity index (χ1n) is 6.31. The van der Waals surface area contributed by atoms with Gasteiger partial charge >= 0.3 is 5.97 Å². The molecule has 100 valence electrons. The van der Waals surface area contributed by atoms with Gasteiger partial charge in [-0.2, -0.15) is 0 Å². The fourth-order valence-corrected chi connectivity index (χ4v) is 2.69. The first-order chi connectivity index (χ1) is 9.08. The number of hydrogen-bond acceptors (Lipinski definition) is 3. The van der Waals surface area contributed by atoms with Crippen LogP contribution in [0.15, 0.2) is 24.3 Å². The zero-order chi connectivity index (χ0) is 13.6. The van der Waals surface area contributed by atoms with Crippen molar-refractivity contribution < 1.29 is 14.3 Å². The molecule has 0 N–H and O–H groups in total. The van der Waals surface area contributed by atoms with Gasteiger partial charge in [0.15, 0.2) is 0 Å². The normalized spacial score (nSPS) is 17.2. The van der Waals surface area contributed by atoms with Crippen LogP contribution in [0.5, 0.6) is 0 Å². The fourth-order valence-electron chi connectivity index (χ4n) is 2.69. The van der Waals surface area contributed by atoms with E-state index in [1.165, 1.54) is 18.3 Å². The fraction of sp³-hybridized carbons (Fsp3) is 0.400. The largest absolute Gasteiger partial charge is 0.468 e. The van der Waals surface area contributed by atoms with Gasteiger partial charge in [0, 0.05) is 23.6 Å². The van der Waals surface area contributed by atoms with E-state index >= 15 is 0 Å². The number of carbonyl (C=O) groups excluding carboxylic acids is 1. The number of esters is 1. The van der Waals surface area contributed by atoms with Crippen molar-refractivity contribution in [1.82, 2.24) is 4.57 Å². The summed E-state index contributed by atoms with van der Waals surface area (Å²) >= 11 is 0. The van der Waals surface area contributed by atoms with Crippen LogP contribution in [0.4, 0.5) is 0 Å². The molecule has 0 unspecified atom stereocenters. The van der Waals surface area contributed by atoms with Crippen molar-refractivity contribution in [3.63, 3.8) is 0 Å². The van der Waals surface area contributed by atoms with Crippen molar-refractivity contribution in [2.24, 2.45) is 7.05 Å². The maximum Gasteiger partial charge on any atom is 0.321 e. The van der Waals surface area contributed by atoms with Gasteiger partial charge in [0.1, 0.15) is 5.41 Å². The molecule has 3 rings (SSSR count). The van der Waals surface area contributed by atoms with Crippen LogP contribution in [0.1, 0.15) is 11.3 Å². The van der Waals surface area contributed by atoms with E-state index in [2.05, 4.69) is 29.7 Å². The first-order valence-corrected chi connectivity index (χ1v) is 6.31. The summed E-state index contributed by atoms with van der Waals surface area (Å²) in [4.78, 5) is 12.0. The number of aromatic nitrogens is 1. The Labute approximate surface area is 111 Å². The third-order valence-electron chi connectivity index (χ3n) is 4.11. The number of methoxy groups -OCH3 is 1. The van der Waals surface area contributed by atoms with Crippen LogP contribution < -0.4 is 0 Å². The predicted molar refractivity (Wildman–Crippen MR) is 72.2 cm³/mol. The van der Waals surface area contributed by atoms with Crippen molar-refractivity contribution in [3.8, 4) is 0 Å². The van der Waals surface area contributed by atoms with E-state index < -0.39 is 5.41 Å². The molecule has 1 fully saturated rings. The number of fused-ring (bicyclic) bond motifs is 1. The van der Waals surface area contributed by atoms with Gasteiger partial charge in [-0.3, -0.25) is 4.79 Å². The monoisotopic (exact) mass is 259 g/mol. The summed E-state index contributed by atoms with van der Waals surface area (Å²) in [5, 5.41) is 1.15. The summed E-state index contributed by atoms with van der Waals surface area (Å²) in [6.45, 7) is 2.87. The molecule has 4 heteroatoms. The molecule has 0 atom stereocenters. The van der Waals surface area contributed by atoms with Crippen LogP contribution in [0.25, 0.3) is 10.9 Å². The number of carbonyl (C=O) groups is 1. The number of hydrogen-bond donors (Lipinski definition) is 0. The molecule has 1 aromatic carbocycles. The minimum absolute atomic E-state index is 0.217. The second-order valence-corrected chi connectivity index (χ2v) is 5.18. The predicted octanol–water partition coefficient (Wildman–Crippen LogP) is 1.93. The van der Waals surface area contributed by atoms with Crippen LogP contribution in [0.3, 0.4) is 0 Å². The Balaban J connectivity index is 2.12. The maximum atomic E-state index is 12.0. The van der Waals surface area contributed by atoms with E-state index in [0.29, 0.717) is 13.2 Å². The van der Waals surface area contributed by atoms with E-state index in [1.54, 1.807) is 0 Å². The number of nitrogens with zero attached hydrogens (tertiary/aromatic N) is 1. The van der Waals surface area contributed by atoms with Crippen LogP contribution in [-0.4, -0.2) is 30.9 Å². The van der Waals surface area contributed by atoms with Crippen LogP contribution >= 0.6 is 0 Å². The Kier molecular flexibility index (Phi) is 2.64. The maximum absolute atomic E-state index is 12.0. The average Bonchev–Trinajstić information content (AvgIpc) is 2.63. The standard InChI is InChI=1S/C15H17NO3/c1-10-6-11-7-12(4-5-13(11)16(10)2)15(8-19-9-15)14(17)18-3/h4-7H,8-9H2,1-3H3. The van der Waals surface area contributed by atoms with Crippen LogP contribution in [0, 0.1) is 6.92 Å². The smallest absolute Gasteiger partial charge is 0.321 e. The molecule has 1 aliphatic heterocycles. The number of benzene rings is 1. The summed E-state index contributed by atoms with van der Waals surface area (Å²) in [5.74, 6) is -0.217. The van der Waals surface area contributed by atoms with Gasteiger partial charge in [-0.1, -0.05) is 6.07 Å². The van der Waals surface area contributed by atoms with Crippen molar-refractivity contribution in [2.45, 2.75) is 12.3 Å². The van der Waals surface area contributed by atoms with E-state index in [1.807, 2.05) is 13.1 Å². The van der Waals surface area contributed by atoms with Crippen molar-refractivity contribution in [3.05, 3.63) is 35.5 Å². The molecule has 1 saturated heterocycles. The van der Waals surface area contributed by atoms with Gasteiger partial charge in [-0.15, -0.1) is 0 Å². The second kappa shape index (κ2) is 4.10. The Morgan fingerprint density at radius 2 is 2.11 bits per heavy atom. The lowest BCUT2D eigenvalue weighted by molar-refractivity contribution is -0.166. The van der Waals surface area contributed by atoms with Crippen molar-refractivity contribution in [2.75, 3.05) is 20.3 Å². The Hall–Kier alpha value is -1.81. The minimum atomic E-state index is -0.618. The Morgan fingerprint density at radius 1 is 1.37 bits per heavy atom. The van der Waals surface area contributed by atoms with Gasteiger partial charge in [0.25, 0.3) is 0 Å². The topological polar surface area (TPSA) is 40.5 Å². The molecule has 0 bridgehead atoms. The first kappa shape index (κ1) is 12.2. The molecule has 1 aromatic heterocycles. The highest BCUT2D eigenvalue weighted by molar-refractivity contribution is 5.88. The molecule has 0 amide bonds. The van der Waals surface area contributed by atoms with Gasteiger partial charge < -0.3 is 14.0 Å². The lowest BCUT2D eigenvalue weighted by atomic mass is 9.78. The zero-order valence-electron chi connectivity index (χ0n) is 11.4. The second-order valence-electron chi connectivity index (χ2n) is 5.18. The number of ether oxygens (including phenoxy) is 2. The van der Waals surface area contributed by atoms with Crippen LogP contribution in [0.2, 0.25) is 0 Å². The van der Waals surface area contributed by atoms with Gasteiger partial charge in [-0.25, -0.2) is 0 Å². The molecule has 2 aromatic rings. The number of aryl methyl sites for hydroxylation is 2. The molecule has 19 heavy (non-hydrogen) atoms. The van der Waals surface area contributed by atoms with Crippen LogP contribution in [-0.2, 0) is 26.7 Å². The number of rotatable bonds is 2. The molecular weight excluding hydrogens is 242 g/mol.